The van der Waals surface area contributed by atoms with Gasteiger partial charge >= 0.3 is 5.69 Å². The average molecular weight is 438 g/mol. The average Bonchev–Trinajstić information content (AvgIpc) is 3.02. The van der Waals surface area contributed by atoms with Crippen molar-refractivity contribution in [2.75, 3.05) is 18.5 Å². The molecule has 0 fully saturated rings. The van der Waals surface area contributed by atoms with Crippen LogP contribution >= 0.6 is 15.9 Å². The van der Waals surface area contributed by atoms with Gasteiger partial charge in [0.2, 0.25) is 5.95 Å². The van der Waals surface area contributed by atoms with Crippen LogP contribution in [0.5, 0.6) is 0 Å². The van der Waals surface area contributed by atoms with Crippen molar-refractivity contribution in [3.8, 4) is 0 Å². The molecule has 0 saturated carbocycles. The zero-order valence-corrected chi connectivity index (χ0v) is 16.5. The van der Waals surface area contributed by atoms with E-state index < -0.39 is 17.3 Å². The summed E-state index contributed by atoms with van der Waals surface area (Å²) in [5.41, 5.74) is 0.474. The predicted molar refractivity (Wildman–Crippen MR) is 105 cm³/mol. The Balaban J connectivity index is 2.24. The first-order valence-electron chi connectivity index (χ1n) is 8.26. The largest absolute Gasteiger partial charge is 0.394 e. The molecule has 0 spiro atoms. The van der Waals surface area contributed by atoms with Gasteiger partial charge in [-0.2, -0.15) is 4.98 Å². The van der Waals surface area contributed by atoms with Gasteiger partial charge in [-0.15, -0.1) is 0 Å². The second-order valence-corrected chi connectivity index (χ2v) is 7.15. The third-order valence-electron chi connectivity index (χ3n) is 4.38. The molecule has 0 aliphatic carbocycles. The summed E-state index contributed by atoms with van der Waals surface area (Å²) in [6, 6.07) is 6.94. The summed E-state index contributed by atoms with van der Waals surface area (Å²) in [6.07, 6.45) is 0. The van der Waals surface area contributed by atoms with Crippen molar-refractivity contribution < 1.29 is 10.2 Å². The van der Waals surface area contributed by atoms with Gasteiger partial charge in [-0.25, -0.2) is 4.79 Å². The zero-order valence-electron chi connectivity index (χ0n) is 14.9. The van der Waals surface area contributed by atoms with Crippen LogP contribution in [0.2, 0.25) is 0 Å². The second kappa shape index (κ2) is 7.67. The number of halogens is 1. The van der Waals surface area contributed by atoms with Gasteiger partial charge in [-0.1, -0.05) is 28.1 Å². The van der Waals surface area contributed by atoms with Crippen molar-refractivity contribution in [3.05, 3.63) is 55.1 Å². The molecule has 0 radical (unpaired) electrons. The fourth-order valence-corrected chi connectivity index (χ4v) is 3.08. The Kier molecular flexibility index (Phi) is 5.49. The van der Waals surface area contributed by atoms with Gasteiger partial charge in [0.05, 0.1) is 25.8 Å². The van der Waals surface area contributed by atoms with Crippen molar-refractivity contribution in [2.24, 2.45) is 14.1 Å². The summed E-state index contributed by atoms with van der Waals surface area (Å²) in [5.74, 6) is 0.291. The molecule has 3 aromatic rings. The van der Waals surface area contributed by atoms with E-state index in [-0.39, 0.29) is 24.4 Å². The summed E-state index contributed by atoms with van der Waals surface area (Å²) < 4.78 is 4.91. The molecular weight excluding hydrogens is 418 g/mol. The van der Waals surface area contributed by atoms with Gasteiger partial charge < -0.3 is 15.5 Å². The summed E-state index contributed by atoms with van der Waals surface area (Å²) in [6.45, 7) is -0.299. The lowest BCUT2D eigenvalue weighted by Crippen LogP contribution is -2.37. The third-order valence-corrected chi connectivity index (χ3v) is 4.90. The van der Waals surface area contributed by atoms with E-state index in [1.807, 2.05) is 24.3 Å². The van der Waals surface area contributed by atoms with Crippen LogP contribution in [0.1, 0.15) is 5.56 Å². The SMILES string of the molecule is Cn1c(=O)c2c(nc(NC(CO)CO)n2Cc2ccc(Br)cc2)n(C)c1=O. The minimum atomic E-state index is -0.647. The fraction of sp³-hybridized carbons (Fsp3) is 0.353. The molecule has 9 nitrogen and oxygen atoms in total. The number of hydrogen-bond acceptors (Lipinski definition) is 6. The number of benzene rings is 1. The Morgan fingerprint density at radius 2 is 1.74 bits per heavy atom. The van der Waals surface area contributed by atoms with Gasteiger partial charge in [0.15, 0.2) is 11.2 Å². The van der Waals surface area contributed by atoms with Gasteiger partial charge in [0.1, 0.15) is 0 Å². The Labute approximate surface area is 162 Å². The quantitative estimate of drug-likeness (QED) is 0.500. The molecule has 144 valence electrons. The first-order valence-corrected chi connectivity index (χ1v) is 9.05. The smallest absolute Gasteiger partial charge is 0.332 e. The molecule has 0 saturated heterocycles. The first-order chi connectivity index (χ1) is 12.9. The molecule has 27 heavy (non-hydrogen) atoms. The molecule has 10 heteroatoms. The summed E-state index contributed by atoms with van der Waals surface area (Å²) in [7, 11) is 2.96. The van der Waals surface area contributed by atoms with E-state index in [4.69, 9.17) is 0 Å². The van der Waals surface area contributed by atoms with Crippen LogP contribution in [-0.2, 0) is 20.6 Å². The van der Waals surface area contributed by atoms with Gasteiger partial charge in [0.25, 0.3) is 5.56 Å². The van der Waals surface area contributed by atoms with E-state index in [1.165, 1.54) is 11.6 Å². The van der Waals surface area contributed by atoms with Crippen LogP contribution in [0.3, 0.4) is 0 Å². The first kappa shape index (κ1) is 19.3. The Bertz CT molecular complexity index is 1080. The topological polar surface area (TPSA) is 114 Å². The maximum Gasteiger partial charge on any atom is 0.332 e. The van der Waals surface area contributed by atoms with Crippen molar-refractivity contribution >= 4 is 33.0 Å². The number of imidazole rings is 1. The zero-order chi connectivity index (χ0) is 19.7. The maximum absolute atomic E-state index is 12.8. The van der Waals surface area contributed by atoms with Crippen molar-refractivity contribution in [2.45, 2.75) is 12.6 Å². The number of hydrogen-bond donors (Lipinski definition) is 3. The van der Waals surface area contributed by atoms with Gasteiger partial charge in [-0.05, 0) is 17.7 Å². The lowest BCUT2D eigenvalue weighted by molar-refractivity contribution is 0.203. The van der Waals surface area contributed by atoms with E-state index >= 15 is 0 Å². The number of aliphatic hydroxyl groups is 2. The number of aryl methyl sites for hydroxylation is 1. The van der Waals surface area contributed by atoms with Crippen molar-refractivity contribution in [3.63, 3.8) is 0 Å². The number of fused-ring (bicyclic) bond motifs is 1. The molecule has 0 aliphatic rings. The number of rotatable bonds is 6. The molecule has 1 aromatic carbocycles. The van der Waals surface area contributed by atoms with Gasteiger partial charge in [0, 0.05) is 18.6 Å². The predicted octanol–water partition coefficient (Wildman–Crippen LogP) is 0.00960. The van der Waals surface area contributed by atoms with Crippen LogP contribution in [0, 0.1) is 0 Å². The van der Waals surface area contributed by atoms with Crippen LogP contribution in [0.4, 0.5) is 5.95 Å². The Morgan fingerprint density at radius 3 is 2.33 bits per heavy atom. The van der Waals surface area contributed by atoms with E-state index in [0.717, 1.165) is 14.6 Å². The summed E-state index contributed by atoms with van der Waals surface area (Å²) in [5, 5.41) is 21.7. The van der Waals surface area contributed by atoms with E-state index in [2.05, 4.69) is 26.2 Å². The lowest BCUT2D eigenvalue weighted by atomic mass is 10.2. The lowest BCUT2D eigenvalue weighted by Gasteiger charge is -2.16. The van der Waals surface area contributed by atoms with Crippen LogP contribution in [0.25, 0.3) is 11.2 Å². The standard InChI is InChI=1S/C17H20BrN5O4/c1-21-14-13(15(26)22(2)17(21)27)23(7-10-3-5-11(18)6-4-10)16(20-14)19-12(8-24)9-25/h3-6,12,24-25H,7-9H2,1-2H3,(H,19,20). The molecule has 0 bridgehead atoms. The molecule has 2 aromatic heterocycles. The highest BCUT2D eigenvalue weighted by molar-refractivity contribution is 9.10. The number of aromatic nitrogens is 4. The molecular formula is C17H20BrN5O4. The molecule has 0 amide bonds. The van der Waals surface area contributed by atoms with E-state index in [1.54, 1.807) is 11.6 Å². The highest BCUT2D eigenvalue weighted by Gasteiger charge is 2.21. The Hall–Kier alpha value is -2.43. The van der Waals surface area contributed by atoms with E-state index in [9.17, 15) is 19.8 Å². The minimum absolute atomic E-state index is 0.234. The van der Waals surface area contributed by atoms with Crippen molar-refractivity contribution in [1.82, 2.24) is 18.7 Å². The van der Waals surface area contributed by atoms with Crippen molar-refractivity contribution in [1.29, 1.82) is 0 Å². The molecule has 3 rings (SSSR count). The Morgan fingerprint density at radius 1 is 1.11 bits per heavy atom. The number of aliphatic hydroxyl groups excluding tert-OH is 2. The summed E-state index contributed by atoms with van der Waals surface area (Å²) in [4.78, 5) is 29.4. The highest BCUT2D eigenvalue weighted by atomic mass is 79.9. The maximum atomic E-state index is 12.8. The van der Waals surface area contributed by atoms with E-state index in [0.29, 0.717) is 12.5 Å². The number of nitrogens with one attached hydrogen (secondary N) is 1. The van der Waals surface area contributed by atoms with Crippen LogP contribution in [-0.4, -0.2) is 48.2 Å². The highest BCUT2D eigenvalue weighted by Crippen LogP contribution is 2.19. The molecule has 0 aliphatic heterocycles. The fourth-order valence-electron chi connectivity index (χ4n) is 2.81. The molecule has 0 unspecified atom stereocenters. The van der Waals surface area contributed by atoms with Crippen LogP contribution < -0.4 is 16.6 Å². The molecule has 2 heterocycles. The normalized spacial score (nSPS) is 11.5. The number of nitrogens with zero attached hydrogens (tertiary/aromatic N) is 4. The third kappa shape index (κ3) is 3.55. The van der Waals surface area contributed by atoms with Crippen LogP contribution in [0.15, 0.2) is 38.3 Å². The molecule has 0 atom stereocenters. The minimum Gasteiger partial charge on any atom is -0.394 e. The second-order valence-electron chi connectivity index (χ2n) is 6.23. The summed E-state index contributed by atoms with van der Waals surface area (Å²) >= 11 is 3.39. The number of anilines is 1. The molecule has 3 N–H and O–H groups in total. The monoisotopic (exact) mass is 437 g/mol. The van der Waals surface area contributed by atoms with Gasteiger partial charge in [-0.3, -0.25) is 18.5 Å².